The third kappa shape index (κ3) is 3.11. The van der Waals surface area contributed by atoms with Crippen LogP contribution < -0.4 is 10.1 Å². The highest BCUT2D eigenvalue weighted by atomic mass is 32.1. The van der Waals surface area contributed by atoms with Crippen LogP contribution in [0.5, 0.6) is 5.75 Å². The zero-order chi connectivity index (χ0) is 15.5. The molecule has 1 N–H and O–H groups in total. The summed E-state index contributed by atoms with van der Waals surface area (Å²) in [5.74, 6) is 0.331. The molecule has 6 heteroatoms. The Morgan fingerprint density at radius 2 is 2.23 bits per heavy atom. The molecule has 0 unspecified atom stereocenters. The minimum Gasteiger partial charge on any atom is -0.494 e. The summed E-state index contributed by atoms with van der Waals surface area (Å²) in [6.07, 6.45) is 6.23. The summed E-state index contributed by atoms with van der Waals surface area (Å²) in [5, 5.41) is 3.90. The lowest BCUT2D eigenvalue weighted by molar-refractivity contribution is 0.0947. The molecule has 0 fully saturated rings. The van der Waals surface area contributed by atoms with Crippen molar-refractivity contribution in [2.45, 2.75) is 39.2 Å². The van der Waals surface area contributed by atoms with E-state index in [4.69, 9.17) is 4.74 Å². The molecule has 0 saturated heterocycles. The van der Waals surface area contributed by atoms with Gasteiger partial charge in [-0.2, -0.15) is 0 Å². The first kappa shape index (κ1) is 15.0. The number of amides is 1. The maximum Gasteiger partial charge on any atom is 0.255 e. The molecular formula is C16H19N3O2S. The minimum atomic E-state index is -0.157. The Bertz CT molecular complexity index is 673. The topological polar surface area (TPSA) is 64.1 Å². The summed E-state index contributed by atoms with van der Waals surface area (Å²) in [6.45, 7) is 2.31. The fourth-order valence-electron chi connectivity index (χ4n) is 2.62. The number of nitrogens with zero attached hydrogens (tertiary/aromatic N) is 2. The average molecular weight is 317 g/mol. The van der Waals surface area contributed by atoms with Gasteiger partial charge < -0.3 is 10.1 Å². The number of fused-ring (bicyclic) bond motifs is 1. The van der Waals surface area contributed by atoms with E-state index in [1.165, 1.54) is 30.5 Å². The van der Waals surface area contributed by atoms with Crippen LogP contribution in [0.15, 0.2) is 12.3 Å². The number of carbonyl (C=O) groups is 1. The number of thiazole rings is 1. The summed E-state index contributed by atoms with van der Waals surface area (Å²) in [5.41, 5.74) is 2.52. The predicted molar refractivity (Wildman–Crippen MR) is 85.5 cm³/mol. The molecule has 0 aliphatic heterocycles. The molecule has 0 atom stereocenters. The molecule has 22 heavy (non-hydrogen) atoms. The number of hydrogen-bond acceptors (Lipinski definition) is 5. The number of carbonyl (C=O) groups excluding carboxylic acids is 1. The highest BCUT2D eigenvalue weighted by Gasteiger charge is 2.17. The number of nitrogens with one attached hydrogen (secondary N) is 1. The van der Waals surface area contributed by atoms with E-state index >= 15 is 0 Å². The quantitative estimate of drug-likeness (QED) is 0.941. The zero-order valence-corrected chi connectivity index (χ0v) is 13.6. The first-order valence-electron chi connectivity index (χ1n) is 7.43. The molecule has 2 heterocycles. The second-order valence-electron chi connectivity index (χ2n) is 5.39. The van der Waals surface area contributed by atoms with E-state index in [-0.39, 0.29) is 5.91 Å². The molecule has 116 valence electrons. The monoisotopic (exact) mass is 317 g/mol. The predicted octanol–water partition coefficient (Wildman–Crippen LogP) is 2.66. The summed E-state index contributed by atoms with van der Waals surface area (Å²) in [4.78, 5) is 22.5. The first-order valence-corrected chi connectivity index (χ1v) is 8.25. The van der Waals surface area contributed by atoms with Gasteiger partial charge in [0.05, 0.1) is 31.1 Å². The summed E-state index contributed by atoms with van der Waals surface area (Å²) in [7, 11) is 1.54. The molecule has 0 radical (unpaired) electrons. The molecule has 1 aliphatic rings. The molecule has 0 bridgehead atoms. The normalized spacial score (nSPS) is 13.5. The minimum absolute atomic E-state index is 0.157. The van der Waals surface area contributed by atoms with Crippen LogP contribution in [-0.4, -0.2) is 23.0 Å². The van der Waals surface area contributed by atoms with Crippen molar-refractivity contribution >= 4 is 17.2 Å². The number of methoxy groups -OCH3 is 1. The maximum atomic E-state index is 12.4. The Kier molecular flexibility index (Phi) is 4.38. The van der Waals surface area contributed by atoms with E-state index in [0.717, 1.165) is 23.5 Å². The molecule has 1 aliphatic carbocycles. The van der Waals surface area contributed by atoms with Gasteiger partial charge in [0.1, 0.15) is 10.8 Å². The molecule has 2 aromatic heterocycles. The molecular weight excluding hydrogens is 298 g/mol. The van der Waals surface area contributed by atoms with Crippen LogP contribution in [-0.2, 0) is 19.4 Å². The Morgan fingerprint density at radius 1 is 1.41 bits per heavy atom. The Labute approximate surface area is 133 Å². The van der Waals surface area contributed by atoms with Gasteiger partial charge in [-0.15, -0.1) is 11.3 Å². The summed E-state index contributed by atoms with van der Waals surface area (Å²) < 4.78 is 5.20. The van der Waals surface area contributed by atoms with Crippen LogP contribution >= 0.6 is 11.3 Å². The van der Waals surface area contributed by atoms with E-state index in [0.29, 0.717) is 17.9 Å². The van der Waals surface area contributed by atoms with Crippen molar-refractivity contribution in [3.05, 3.63) is 39.1 Å². The second-order valence-corrected chi connectivity index (χ2v) is 6.56. The number of ether oxygens (including phenoxy) is 1. The van der Waals surface area contributed by atoms with Crippen molar-refractivity contribution in [3.63, 3.8) is 0 Å². The average Bonchev–Trinajstić information content (AvgIpc) is 2.95. The zero-order valence-electron chi connectivity index (χ0n) is 12.8. The number of pyridine rings is 1. The van der Waals surface area contributed by atoms with E-state index < -0.39 is 0 Å². The van der Waals surface area contributed by atoms with Crippen LogP contribution in [0.4, 0.5) is 0 Å². The summed E-state index contributed by atoms with van der Waals surface area (Å²) >= 11 is 1.72. The number of aryl methyl sites for hydroxylation is 3. The third-order valence-corrected chi connectivity index (χ3v) is 4.92. The van der Waals surface area contributed by atoms with E-state index in [2.05, 4.69) is 15.3 Å². The van der Waals surface area contributed by atoms with Gasteiger partial charge in [0.15, 0.2) is 0 Å². The maximum absolute atomic E-state index is 12.4. The number of aromatic nitrogens is 2. The number of rotatable bonds is 4. The lowest BCUT2D eigenvalue weighted by Gasteiger charge is -2.08. The van der Waals surface area contributed by atoms with Gasteiger partial charge in [0.25, 0.3) is 5.91 Å². The first-order chi connectivity index (χ1) is 10.7. The van der Waals surface area contributed by atoms with Gasteiger partial charge in [-0.05, 0) is 38.7 Å². The molecule has 1 amide bonds. The summed E-state index contributed by atoms with van der Waals surface area (Å²) in [6, 6.07) is 1.74. The van der Waals surface area contributed by atoms with Crippen molar-refractivity contribution in [1.82, 2.24) is 15.3 Å². The smallest absolute Gasteiger partial charge is 0.255 e. The molecule has 2 aromatic rings. The molecule has 0 aromatic carbocycles. The fourth-order valence-corrected chi connectivity index (χ4v) is 3.72. The van der Waals surface area contributed by atoms with E-state index in [9.17, 15) is 4.79 Å². The molecule has 0 spiro atoms. The lowest BCUT2D eigenvalue weighted by Crippen LogP contribution is -2.23. The van der Waals surface area contributed by atoms with Crippen molar-refractivity contribution < 1.29 is 9.53 Å². The van der Waals surface area contributed by atoms with Crippen molar-refractivity contribution in [1.29, 1.82) is 0 Å². The van der Waals surface area contributed by atoms with Gasteiger partial charge in [0.2, 0.25) is 0 Å². The molecule has 5 nitrogen and oxygen atoms in total. The highest BCUT2D eigenvalue weighted by Crippen LogP contribution is 2.26. The number of hydrogen-bond donors (Lipinski definition) is 1. The van der Waals surface area contributed by atoms with E-state index in [1.54, 1.807) is 23.6 Å². The van der Waals surface area contributed by atoms with Gasteiger partial charge in [-0.1, -0.05) is 0 Å². The van der Waals surface area contributed by atoms with Crippen molar-refractivity contribution in [2.24, 2.45) is 0 Å². The van der Waals surface area contributed by atoms with Crippen molar-refractivity contribution in [2.75, 3.05) is 7.11 Å². The van der Waals surface area contributed by atoms with Crippen molar-refractivity contribution in [3.8, 4) is 5.75 Å². The van der Waals surface area contributed by atoms with Crippen LogP contribution in [0.1, 0.15) is 44.5 Å². The fraction of sp³-hybridized carbons (Fsp3) is 0.438. The van der Waals surface area contributed by atoms with Gasteiger partial charge >= 0.3 is 0 Å². The Hall–Kier alpha value is -1.95. The molecule has 3 rings (SSSR count). The van der Waals surface area contributed by atoms with Gasteiger partial charge in [-0.25, -0.2) is 4.98 Å². The largest absolute Gasteiger partial charge is 0.494 e. The third-order valence-electron chi connectivity index (χ3n) is 3.76. The van der Waals surface area contributed by atoms with Crippen LogP contribution in [0.3, 0.4) is 0 Å². The van der Waals surface area contributed by atoms with Gasteiger partial charge in [-0.3, -0.25) is 9.78 Å². The van der Waals surface area contributed by atoms with Gasteiger partial charge in [0, 0.05) is 10.6 Å². The lowest BCUT2D eigenvalue weighted by atomic mass is 10.0. The van der Waals surface area contributed by atoms with E-state index in [1.807, 2.05) is 6.92 Å². The highest BCUT2D eigenvalue weighted by molar-refractivity contribution is 7.11. The molecule has 0 saturated carbocycles. The van der Waals surface area contributed by atoms with Crippen LogP contribution in [0.25, 0.3) is 0 Å². The Morgan fingerprint density at radius 3 is 3.00 bits per heavy atom. The second kappa shape index (κ2) is 6.44. The standard InChI is InChI=1S/C16H19N3O2S/c1-10-7-11(13(21-2)8-17-10)16(20)18-9-15-19-12-5-3-4-6-14(12)22-15/h7-8H,3-6,9H2,1-2H3,(H,18,20). The SMILES string of the molecule is COc1cnc(C)cc1C(=O)NCc1nc2c(s1)CCCC2. The Balaban J connectivity index is 1.70. The van der Waals surface area contributed by atoms with Crippen LogP contribution in [0.2, 0.25) is 0 Å². The van der Waals surface area contributed by atoms with Crippen LogP contribution in [0, 0.1) is 6.92 Å².